The van der Waals surface area contributed by atoms with Gasteiger partial charge in [-0.3, -0.25) is 0 Å². The Morgan fingerprint density at radius 2 is 1.85 bits per heavy atom. The van der Waals surface area contributed by atoms with Gasteiger partial charge in [-0.1, -0.05) is 42.0 Å². The Bertz CT molecular complexity index is 832. The van der Waals surface area contributed by atoms with Gasteiger partial charge in [-0.15, -0.1) is 0 Å². The number of hydrogen-bond acceptors (Lipinski definition) is 3. The Kier molecular flexibility index (Phi) is 3.17. The normalized spacial score (nSPS) is 11.2. The van der Waals surface area contributed by atoms with Crippen molar-refractivity contribution in [3.8, 4) is 0 Å². The van der Waals surface area contributed by atoms with E-state index in [1.807, 2.05) is 55.5 Å². The SMILES string of the molecule is Cc1ccc2nc(/C=C/c3ccccc3)oc(=O)c2c1. The van der Waals surface area contributed by atoms with Gasteiger partial charge < -0.3 is 4.42 Å². The second-order valence-electron chi connectivity index (χ2n) is 4.60. The fourth-order valence-electron chi connectivity index (χ4n) is 2.01. The first kappa shape index (κ1) is 12.4. The number of benzene rings is 2. The summed E-state index contributed by atoms with van der Waals surface area (Å²) in [5, 5.41) is 0.516. The summed E-state index contributed by atoms with van der Waals surface area (Å²) in [6, 6.07) is 15.4. The third-order valence-corrected chi connectivity index (χ3v) is 3.02. The highest BCUT2D eigenvalue weighted by Crippen LogP contribution is 2.12. The van der Waals surface area contributed by atoms with Gasteiger partial charge in [0.15, 0.2) is 0 Å². The van der Waals surface area contributed by atoms with E-state index in [2.05, 4.69) is 4.98 Å². The second kappa shape index (κ2) is 5.13. The van der Waals surface area contributed by atoms with E-state index in [0.29, 0.717) is 16.8 Å². The van der Waals surface area contributed by atoms with Crippen molar-refractivity contribution in [2.75, 3.05) is 0 Å². The third-order valence-electron chi connectivity index (χ3n) is 3.02. The quantitative estimate of drug-likeness (QED) is 0.708. The smallest absolute Gasteiger partial charge is 0.347 e. The molecule has 0 fully saturated rings. The van der Waals surface area contributed by atoms with Gasteiger partial charge in [-0.05, 0) is 30.7 Å². The molecule has 1 heterocycles. The third kappa shape index (κ3) is 2.52. The van der Waals surface area contributed by atoms with Crippen molar-refractivity contribution >= 4 is 23.1 Å². The molecule has 0 aliphatic carbocycles. The lowest BCUT2D eigenvalue weighted by atomic mass is 10.2. The molecule has 3 heteroatoms. The molecule has 0 atom stereocenters. The van der Waals surface area contributed by atoms with E-state index in [0.717, 1.165) is 11.1 Å². The van der Waals surface area contributed by atoms with Crippen LogP contribution in [-0.2, 0) is 0 Å². The summed E-state index contributed by atoms with van der Waals surface area (Å²) in [5.41, 5.74) is 2.34. The predicted molar refractivity (Wildman–Crippen MR) is 80.4 cm³/mol. The van der Waals surface area contributed by atoms with Gasteiger partial charge in [-0.2, -0.15) is 0 Å². The summed E-state index contributed by atoms with van der Waals surface area (Å²) < 4.78 is 5.21. The van der Waals surface area contributed by atoms with Gasteiger partial charge in [0.05, 0.1) is 10.9 Å². The molecular weight excluding hydrogens is 250 g/mol. The Balaban J connectivity index is 2.03. The molecule has 0 spiro atoms. The molecule has 0 amide bonds. The van der Waals surface area contributed by atoms with Crippen LogP contribution >= 0.6 is 0 Å². The van der Waals surface area contributed by atoms with E-state index in [1.165, 1.54) is 0 Å². The minimum absolute atomic E-state index is 0.315. The van der Waals surface area contributed by atoms with Crippen LogP contribution < -0.4 is 5.63 Å². The highest BCUT2D eigenvalue weighted by atomic mass is 16.4. The molecule has 0 saturated carbocycles. The highest BCUT2D eigenvalue weighted by Gasteiger charge is 2.04. The fraction of sp³-hybridized carbons (Fsp3) is 0.0588. The Morgan fingerprint density at radius 1 is 1.05 bits per heavy atom. The summed E-state index contributed by atoms with van der Waals surface area (Å²) in [5.74, 6) is 0.315. The maximum absolute atomic E-state index is 11.9. The lowest BCUT2D eigenvalue weighted by Gasteiger charge is -1.99. The van der Waals surface area contributed by atoms with Crippen LogP contribution in [0.4, 0.5) is 0 Å². The van der Waals surface area contributed by atoms with Crippen LogP contribution in [-0.4, -0.2) is 4.98 Å². The molecule has 0 aliphatic rings. The molecule has 0 bridgehead atoms. The summed E-state index contributed by atoms with van der Waals surface area (Å²) >= 11 is 0. The molecule has 98 valence electrons. The minimum Gasteiger partial charge on any atom is -0.404 e. The predicted octanol–water partition coefficient (Wildman–Crippen LogP) is 3.67. The van der Waals surface area contributed by atoms with Gasteiger partial charge >= 0.3 is 5.63 Å². The van der Waals surface area contributed by atoms with Crippen molar-refractivity contribution in [2.45, 2.75) is 6.92 Å². The Labute approximate surface area is 116 Å². The second-order valence-corrected chi connectivity index (χ2v) is 4.60. The van der Waals surface area contributed by atoms with E-state index in [1.54, 1.807) is 12.1 Å². The average Bonchev–Trinajstić information content (AvgIpc) is 2.47. The largest absolute Gasteiger partial charge is 0.404 e. The van der Waals surface area contributed by atoms with E-state index < -0.39 is 0 Å². The molecule has 0 N–H and O–H groups in total. The number of aryl methyl sites for hydroxylation is 1. The van der Waals surface area contributed by atoms with E-state index in [9.17, 15) is 4.79 Å². The zero-order valence-electron chi connectivity index (χ0n) is 11.0. The fourth-order valence-corrected chi connectivity index (χ4v) is 2.01. The molecule has 1 aromatic heterocycles. The molecular formula is C17H13NO2. The lowest BCUT2D eigenvalue weighted by Crippen LogP contribution is -2.03. The van der Waals surface area contributed by atoms with Gasteiger partial charge in [0.25, 0.3) is 0 Å². The van der Waals surface area contributed by atoms with Crippen LogP contribution in [0.1, 0.15) is 17.0 Å². The standard InChI is InChI=1S/C17H13NO2/c1-12-7-9-15-14(11-12)17(19)20-16(18-15)10-8-13-5-3-2-4-6-13/h2-11H,1H3/b10-8+. The monoisotopic (exact) mass is 263 g/mol. The summed E-state index contributed by atoms with van der Waals surface area (Å²) in [6.45, 7) is 1.93. The van der Waals surface area contributed by atoms with E-state index in [-0.39, 0.29) is 5.63 Å². The van der Waals surface area contributed by atoms with Gasteiger partial charge in [0.2, 0.25) is 5.89 Å². The zero-order valence-corrected chi connectivity index (χ0v) is 11.0. The number of aromatic nitrogens is 1. The molecule has 3 rings (SSSR count). The maximum atomic E-state index is 11.9. The zero-order chi connectivity index (χ0) is 13.9. The van der Waals surface area contributed by atoms with Crippen LogP contribution in [0.25, 0.3) is 23.1 Å². The summed E-state index contributed by atoms with van der Waals surface area (Å²) in [6.07, 6.45) is 3.57. The Morgan fingerprint density at radius 3 is 2.65 bits per heavy atom. The molecule has 2 aromatic carbocycles. The molecule has 20 heavy (non-hydrogen) atoms. The van der Waals surface area contributed by atoms with E-state index >= 15 is 0 Å². The van der Waals surface area contributed by atoms with Crippen molar-refractivity contribution in [3.63, 3.8) is 0 Å². The maximum Gasteiger partial charge on any atom is 0.347 e. The van der Waals surface area contributed by atoms with Gasteiger partial charge in [0, 0.05) is 6.08 Å². The number of fused-ring (bicyclic) bond motifs is 1. The van der Waals surface area contributed by atoms with Gasteiger partial charge in [-0.25, -0.2) is 9.78 Å². The van der Waals surface area contributed by atoms with Crippen molar-refractivity contribution in [1.29, 1.82) is 0 Å². The first-order valence-electron chi connectivity index (χ1n) is 6.37. The molecule has 0 saturated heterocycles. The van der Waals surface area contributed by atoms with Crippen molar-refractivity contribution in [2.24, 2.45) is 0 Å². The first-order chi connectivity index (χ1) is 9.72. The molecule has 3 nitrogen and oxygen atoms in total. The highest BCUT2D eigenvalue weighted by molar-refractivity contribution is 5.79. The van der Waals surface area contributed by atoms with Crippen molar-refractivity contribution < 1.29 is 4.42 Å². The molecule has 0 aliphatic heterocycles. The van der Waals surface area contributed by atoms with Crippen LogP contribution in [0, 0.1) is 6.92 Å². The van der Waals surface area contributed by atoms with Crippen LogP contribution in [0.5, 0.6) is 0 Å². The van der Waals surface area contributed by atoms with Crippen molar-refractivity contribution in [1.82, 2.24) is 4.98 Å². The topological polar surface area (TPSA) is 43.1 Å². The lowest BCUT2D eigenvalue weighted by molar-refractivity contribution is 0.490. The molecule has 0 unspecified atom stereocenters. The van der Waals surface area contributed by atoms with Crippen molar-refractivity contribution in [3.05, 3.63) is 76.0 Å². The number of hydrogen-bond donors (Lipinski definition) is 0. The Hall–Kier alpha value is -2.68. The van der Waals surface area contributed by atoms with Crippen LogP contribution in [0.15, 0.2) is 57.7 Å². The molecule has 0 radical (unpaired) electrons. The number of nitrogens with zero attached hydrogens (tertiary/aromatic N) is 1. The van der Waals surface area contributed by atoms with Crippen LogP contribution in [0.3, 0.4) is 0 Å². The summed E-state index contributed by atoms with van der Waals surface area (Å²) in [4.78, 5) is 16.3. The average molecular weight is 263 g/mol. The first-order valence-corrected chi connectivity index (χ1v) is 6.37. The number of rotatable bonds is 2. The van der Waals surface area contributed by atoms with E-state index in [4.69, 9.17) is 4.42 Å². The summed E-state index contributed by atoms with van der Waals surface area (Å²) in [7, 11) is 0. The molecule has 3 aromatic rings. The minimum atomic E-state index is -0.355. The van der Waals surface area contributed by atoms with Gasteiger partial charge in [0.1, 0.15) is 0 Å². The van der Waals surface area contributed by atoms with Crippen LogP contribution in [0.2, 0.25) is 0 Å².